The number of esters is 4. The maximum atomic E-state index is 12.3. The fourth-order valence-corrected chi connectivity index (χ4v) is 7.83. The molecule has 4 aliphatic carbocycles. The van der Waals surface area contributed by atoms with Crippen molar-refractivity contribution >= 4 is 23.9 Å². The average molecular weight is 533 g/mol. The molecule has 0 amide bonds. The van der Waals surface area contributed by atoms with Crippen molar-refractivity contribution in [2.45, 2.75) is 118 Å². The van der Waals surface area contributed by atoms with E-state index in [1.807, 2.05) is 48.5 Å². The molecule has 8 heteroatoms. The van der Waals surface area contributed by atoms with Crippen LogP contribution < -0.4 is 0 Å². The number of fused-ring (bicyclic) bond motifs is 2. The first-order chi connectivity index (χ1) is 17.6. The molecule has 10 atom stereocenters. The summed E-state index contributed by atoms with van der Waals surface area (Å²) in [5.74, 6) is 0.362. The number of rotatable bonds is 6. The average Bonchev–Trinajstić information content (AvgIpc) is 3.63. The topological polar surface area (TPSA) is 105 Å². The van der Waals surface area contributed by atoms with Gasteiger partial charge < -0.3 is 18.9 Å². The van der Waals surface area contributed by atoms with E-state index in [0.29, 0.717) is 5.92 Å². The second kappa shape index (κ2) is 8.69. The van der Waals surface area contributed by atoms with Gasteiger partial charge in [-0.3, -0.25) is 19.2 Å². The molecule has 2 heterocycles. The van der Waals surface area contributed by atoms with Gasteiger partial charge in [-0.2, -0.15) is 0 Å². The fraction of sp³-hybridized carbons (Fsp3) is 0.867. The Morgan fingerprint density at radius 3 is 2.03 bits per heavy atom. The molecule has 0 spiro atoms. The van der Waals surface area contributed by atoms with Crippen molar-refractivity contribution in [2.75, 3.05) is 0 Å². The molecule has 212 valence electrons. The van der Waals surface area contributed by atoms with Gasteiger partial charge in [-0.1, -0.05) is 20.8 Å². The second-order valence-electron chi connectivity index (χ2n) is 14.4. The van der Waals surface area contributed by atoms with E-state index in [0.717, 1.165) is 38.5 Å². The Kier molecular flexibility index (Phi) is 6.28. The summed E-state index contributed by atoms with van der Waals surface area (Å²) in [5, 5.41) is 0. The lowest BCUT2D eigenvalue weighted by Crippen LogP contribution is -2.47. The molecule has 8 nitrogen and oxygen atoms in total. The van der Waals surface area contributed by atoms with E-state index >= 15 is 0 Å². The van der Waals surface area contributed by atoms with Crippen molar-refractivity contribution < 1.29 is 38.1 Å². The van der Waals surface area contributed by atoms with Crippen molar-refractivity contribution in [1.29, 1.82) is 0 Å². The normalized spacial score (nSPS) is 43.5. The predicted octanol–water partition coefficient (Wildman–Crippen LogP) is 4.61. The molecule has 6 rings (SSSR count). The third kappa shape index (κ3) is 3.90. The van der Waals surface area contributed by atoms with Gasteiger partial charge >= 0.3 is 23.9 Å². The molecule has 0 aromatic heterocycles. The Morgan fingerprint density at radius 1 is 0.868 bits per heavy atom. The van der Waals surface area contributed by atoms with Gasteiger partial charge in [0, 0.05) is 23.2 Å². The minimum atomic E-state index is -0.579. The molecule has 0 radical (unpaired) electrons. The minimum Gasteiger partial charge on any atom is -0.458 e. The van der Waals surface area contributed by atoms with Gasteiger partial charge in [0.2, 0.25) is 0 Å². The van der Waals surface area contributed by atoms with Gasteiger partial charge in [-0.05, 0) is 73.1 Å². The van der Waals surface area contributed by atoms with Gasteiger partial charge in [0.05, 0.1) is 22.7 Å². The lowest BCUT2D eigenvalue weighted by atomic mass is 9.79. The molecule has 0 aromatic rings. The van der Waals surface area contributed by atoms with Crippen LogP contribution in [-0.2, 0) is 38.1 Å². The van der Waals surface area contributed by atoms with Crippen LogP contribution in [0.15, 0.2) is 0 Å². The molecular formula is C30H44O8. The molecular weight excluding hydrogens is 488 g/mol. The number of carbonyl (C=O) groups is 4. The van der Waals surface area contributed by atoms with E-state index in [2.05, 4.69) is 6.92 Å². The van der Waals surface area contributed by atoms with Gasteiger partial charge in [0.15, 0.2) is 0 Å². The zero-order valence-corrected chi connectivity index (χ0v) is 24.1. The number of carbonyl (C=O) groups excluding carboxylic acids is 4. The Labute approximate surface area is 225 Å². The lowest BCUT2D eigenvalue weighted by molar-refractivity contribution is -0.181. The number of ether oxygens (including phenoxy) is 4. The number of hydrogen-bond donors (Lipinski definition) is 0. The summed E-state index contributed by atoms with van der Waals surface area (Å²) in [6.07, 6.45) is 4.30. The molecule has 4 bridgehead atoms. The van der Waals surface area contributed by atoms with E-state index in [4.69, 9.17) is 18.9 Å². The molecule has 4 saturated carbocycles. The summed E-state index contributed by atoms with van der Waals surface area (Å²) < 4.78 is 22.6. The second-order valence-corrected chi connectivity index (χ2v) is 14.4. The van der Waals surface area contributed by atoms with Crippen LogP contribution in [-0.4, -0.2) is 47.8 Å². The minimum absolute atomic E-state index is 0.0455. The summed E-state index contributed by atoms with van der Waals surface area (Å²) in [5.41, 5.74) is -1.60. The smallest absolute Gasteiger partial charge is 0.311 e. The third-order valence-electron chi connectivity index (χ3n) is 11.2. The largest absolute Gasteiger partial charge is 0.458 e. The quantitative estimate of drug-likeness (QED) is 0.361. The first kappa shape index (κ1) is 27.4. The molecule has 6 fully saturated rings. The number of hydrogen-bond acceptors (Lipinski definition) is 8. The Bertz CT molecular complexity index is 1020. The van der Waals surface area contributed by atoms with Crippen molar-refractivity contribution in [3.63, 3.8) is 0 Å². The van der Waals surface area contributed by atoms with Crippen LogP contribution in [0.3, 0.4) is 0 Å². The molecule has 10 unspecified atom stereocenters. The molecule has 0 N–H and O–H groups in total. The van der Waals surface area contributed by atoms with Gasteiger partial charge in [0.1, 0.15) is 23.9 Å². The zero-order valence-electron chi connectivity index (χ0n) is 24.1. The van der Waals surface area contributed by atoms with E-state index in [-0.39, 0.29) is 71.3 Å². The molecule has 6 aliphatic rings. The highest BCUT2D eigenvalue weighted by Crippen LogP contribution is 2.63. The van der Waals surface area contributed by atoms with Crippen LogP contribution in [0.5, 0.6) is 0 Å². The maximum Gasteiger partial charge on any atom is 0.311 e. The molecule has 0 aromatic carbocycles. The van der Waals surface area contributed by atoms with Crippen molar-refractivity contribution in [3.05, 3.63) is 0 Å². The first-order valence-corrected chi connectivity index (χ1v) is 14.4. The van der Waals surface area contributed by atoms with E-state index in [1.165, 1.54) is 0 Å². The van der Waals surface area contributed by atoms with Crippen LogP contribution in [0.2, 0.25) is 0 Å². The highest BCUT2D eigenvalue weighted by atomic mass is 16.6. The summed E-state index contributed by atoms with van der Waals surface area (Å²) in [6.45, 7) is 15.6. The van der Waals surface area contributed by atoms with Crippen LogP contribution in [0.1, 0.15) is 93.9 Å². The Morgan fingerprint density at radius 2 is 1.45 bits per heavy atom. The standard InChI is InChI=1S/2C15H22O4/c1-5-14(2,3)13(17)19-11-10-8-6-15(11,4)7-9(8)12(16)18-10;1-5-14(2,3)13(17)18-11-8-6-9-10(7-8)15(11,4)19-12(9)16/h2*8-11H,5-7H2,1-4H3. The Hall–Kier alpha value is -2.12. The lowest BCUT2D eigenvalue weighted by Gasteiger charge is -2.36. The maximum absolute atomic E-state index is 12.3. The van der Waals surface area contributed by atoms with E-state index in [1.54, 1.807) is 0 Å². The summed E-state index contributed by atoms with van der Waals surface area (Å²) >= 11 is 0. The molecule has 2 saturated heterocycles. The van der Waals surface area contributed by atoms with Gasteiger partial charge in [0.25, 0.3) is 0 Å². The van der Waals surface area contributed by atoms with Gasteiger partial charge in [-0.15, -0.1) is 0 Å². The highest BCUT2D eigenvalue weighted by Gasteiger charge is 2.71. The Balaban J connectivity index is 0.000000155. The SMILES string of the molecule is CCC(C)(C)C(=O)OC1C2CC3C(=O)OC1(C)C3C2.CCC(C)(C)C(=O)OC1C2OC(=O)C3CC1(C)CC32. The van der Waals surface area contributed by atoms with E-state index < -0.39 is 16.4 Å². The highest BCUT2D eigenvalue weighted by molar-refractivity contribution is 5.80. The monoisotopic (exact) mass is 532 g/mol. The van der Waals surface area contributed by atoms with Crippen LogP contribution in [0.25, 0.3) is 0 Å². The summed E-state index contributed by atoms with van der Waals surface area (Å²) in [4.78, 5) is 48.1. The van der Waals surface area contributed by atoms with Crippen LogP contribution >= 0.6 is 0 Å². The molecule has 38 heavy (non-hydrogen) atoms. The van der Waals surface area contributed by atoms with Crippen molar-refractivity contribution in [3.8, 4) is 0 Å². The van der Waals surface area contributed by atoms with Gasteiger partial charge in [-0.25, -0.2) is 0 Å². The first-order valence-electron chi connectivity index (χ1n) is 14.4. The fourth-order valence-electron chi connectivity index (χ4n) is 7.83. The van der Waals surface area contributed by atoms with E-state index in [9.17, 15) is 19.2 Å². The van der Waals surface area contributed by atoms with Crippen molar-refractivity contribution in [1.82, 2.24) is 0 Å². The molecule has 2 aliphatic heterocycles. The van der Waals surface area contributed by atoms with Crippen LogP contribution in [0, 0.1) is 45.8 Å². The zero-order chi connectivity index (χ0) is 28.0. The van der Waals surface area contributed by atoms with Crippen molar-refractivity contribution in [2.24, 2.45) is 45.8 Å². The third-order valence-corrected chi connectivity index (χ3v) is 11.2. The van der Waals surface area contributed by atoms with Crippen LogP contribution in [0.4, 0.5) is 0 Å². The summed E-state index contributed by atoms with van der Waals surface area (Å²) in [7, 11) is 0. The summed E-state index contributed by atoms with van der Waals surface area (Å²) in [6, 6.07) is 0. The predicted molar refractivity (Wildman–Crippen MR) is 136 cm³/mol.